The number of hydrogen-bond acceptors (Lipinski definition) is 11. The van der Waals surface area contributed by atoms with Gasteiger partial charge in [0.05, 0.1) is 18.3 Å². The molecule has 0 saturated carbocycles. The number of ether oxygens (including phenoxy) is 1. The third-order valence-corrected chi connectivity index (χ3v) is 8.53. The predicted octanol–water partition coefficient (Wildman–Crippen LogP) is 2.32. The van der Waals surface area contributed by atoms with Crippen LogP contribution in [0.4, 0.5) is 5.82 Å². The number of aliphatic hydroxyl groups is 2. The molecule has 0 spiro atoms. The highest BCUT2D eigenvalue weighted by molar-refractivity contribution is 6.20. The number of imidazole rings is 1. The molecule has 5 N–H and O–H groups in total. The Hall–Kier alpha value is -3.81. The second-order valence-corrected chi connectivity index (χ2v) is 12.2. The van der Waals surface area contributed by atoms with E-state index >= 15 is 0 Å². The maximum absolute atomic E-state index is 13.0. The van der Waals surface area contributed by atoms with Crippen molar-refractivity contribution in [3.8, 4) is 0 Å². The van der Waals surface area contributed by atoms with Crippen LogP contribution in [0.1, 0.15) is 72.4 Å². The van der Waals surface area contributed by atoms with E-state index in [0.717, 1.165) is 0 Å². The largest absolute Gasteiger partial charge is 0.481 e. The second-order valence-electron chi connectivity index (χ2n) is 12.2. The predicted molar refractivity (Wildman–Crippen MR) is 154 cm³/mol. The van der Waals surface area contributed by atoms with Gasteiger partial charge in [-0.2, -0.15) is 0 Å². The summed E-state index contributed by atoms with van der Waals surface area (Å²) in [5.74, 6) is -2.82. The lowest BCUT2D eigenvalue weighted by Gasteiger charge is -2.28. The van der Waals surface area contributed by atoms with Gasteiger partial charge in [-0.25, -0.2) is 15.0 Å². The van der Waals surface area contributed by atoms with Crippen molar-refractivity contribution in [2.75, 3.05) is 5.73 Å². The normalized spacial score (nSPS) is 24.1. The summed E-state index contributed by atoms with van der Waals surface area (Å²) in [6, 6.07) is 0. The number of nitrogen functional groups attached to an aromatic ring is 1. The summed E-state index contributed by atoms with van der Waals surface area (Å²) in [4.78, 5) is 62.0. The van der Waals surface area contributed by atoms with Gasteiger partial charge in [-0.3, -0.25) is 23.7 Å². The molecule has 2 aliphatic rings. The fourth-order valence-electron chi connectivity index (χ4n) is 5.90. The van der Waals surface area contributed by atoms with Gasteiger partial charge in [-0.1, -0.05) is 27.2 Å². The number of allylic oxidation sites excluding steroid dienone is 4. The summed E-state index contributed by atoms with van der Waals surface area (Å²) in [6.07, 6.45) is 2.51. The van der Waals surface area contributed by atoms with Crippen molar-refractivity contribution in [2.45, 2.75) is 90.8 Å². The van der Waals surface area contributed by atoms with Crippen LogP contribution in [0, 0.1) is 17.3 Å². The second kappa shape index (κ2) is 12.8. The number of carboxylic acids is 1. The molecule has 2 aromatic heterocycles. The number of anilines is 1. The summed E-state index contributed by atoms with van der Waals surface area (Å²) < 4.78 is 7.56. The molecule has 0 amide bonds. The third kappa shape index (κ3) is 6.89. The molecule has 0 radical (unpaired) electrons. The fourth-order valence-corrected chi connectivity index (χ4v) is 5.90. The number of Topliss-reactive ketones (excluding diaryl/α,β-unsaturated/α-hetero) is 1. The average Bonchev–Trinajstić information content (AvgIpc) is 3.48. The van der Waals surface area contributed by atoms with E-state index in [4.69, 9.17) is 10.5 Å². The Labute approximate surface area is 248 Å². The zero-order chi connectivity index (χ0) is 31.6. The van der Waals surface area contributed by atoms with Crippen LogP contribution < -0.4 is 5.73 Å². The van der Waals surface area contributed by atoms with Gasteiger partial charge in [0.1, 0.15) is 29.8 Å². The fraction of sp³-hybridized carbons (Fsp3) is 0.567. The number of carboxylic acid groups (broad SMARTS) is 1. The highest BCUT2D eigenvalue weighted by Crippen LogP contribution is 2.37. The molecule has 0 aromatic carbocycles. The molecule has 1 aliphatic carbocycles. The van der Waals surface area contributed by atoms with Crippen molar-refractivity contribution >= 4 is 40.3 Å². The molecule has 0 bridgehead atoms. The summed E-state index contributed by atoms with van der Waals surface area (Å²) in [5, 5.41) is 31.4. The van der Waals surface area contributed by atoms with Crippen LogP contribution in [0.3, 0.4) is 0 Å². The van der Waals surface area contributed by atoms with Crippen LogP contribution in [0.5, 0.6) is 0 Å². The number of rotatable bonds is 13. The Kier molecular flexibility index (Phi) is 9.57. The summed E-state index contributed by atoms with van der Waals surface area (Å²) >= 11 is 0. The number of ketones is 3. The molecular weight excluding hydrogens is 558 g/mol. The minimum Gasteiger partial charge on any atom is -0.481 e. The molecule has 13 heteroatoms. The topological polar surface area (TPSA) is 208 Å². The monoisotopic (exact) mass is 597 g/mol. The van der Waals surface area contributed by atoms with E-state index in [2.05, 4.69) is 15.0 Å². The van der Waals surface area contributed by atoms with Crippen molar-refractivity contribution in [1.29, 1.82) is 0 Å². The van der Waals surface area contributed by atoms with Gasteiger partial charge in [-0.15, -0.1) is 0 Å². The van der Waals surface area contributed by atoms with E-state index in [9.17, 15) is 34.5 Å². The lowest BCUT2D eigenvalue weighted by atomic mass is 9.74. The number of hydrogen-bond donors (Lipinski definition) is 4. The lowest BCUT2D eigenvalue weighted by Crippen LogP contribution is -2.32. The molecule has 1 fully saturated rings. The first-order valence-corrected chi connectivity index (χ1v) is 14.4. The Balaban J connectivity index is 1.36. The number of carbonyl (C=O) groups excluding carboxylic acids is 3. The van der Waals surface area contributed by atoms with Gasteiger partial charge in [0, 0.05) is 29.4 Å². The molecule has 1 aliphatic heterocycles. The van der Waals surface area contributed by atoms with Crippen LogP contribution in [0.25, 0.3) is 11.2 Å². The number of carbonyl (C=O) groups is 4. The highest BCUT2D eigenvalue weighted by Gasteiger charge is 2.45. The zero-order valence-corrected chi connectivity index (χ0v) is 24.8. The Morgan fingerprint density at radius 3 is 2.49 bits per heavy atom. The van der Waals surface area contributed by atoms with Gasteiger partial charge in [0.2, 0.25) is 0 Å². The van der Waals surface area contributed by atoms with Crippen LogP contribution in [-0.4, -0.2) is 76.5 Å². The molecule has 13 nitrogen and oxygen atoms in total. The van der Waals surface area contributed by atoms with Crippen molar-refractivity contribution in [3.63, 3.8) is 0 Å². The van der Waals surface area contributed by atoms with Gasteiger partial charge in [0.25, 0.3) is 0 Å². The van der Waals surface area contributed by atoms with E-state index in [1.54, 1.807) is 20.8 Å². The Morgan fingerprint density at radius 2 is 1.81 bits per heavy atom. The smallest absolute Gasteiger partial charge is 0.306 e. The molecule has 1 unspecified atom stereocenters. The van der Waals surface area contributed by atoms with Crippen molar-refractivity contribution < 1.29 is 39.2 Å². The number of aliphatic hydroxyl groups excluding tert-OH is 2. The average molecular weight is 598 g/mol. The third-order valence-electron chi connectivity index (χ3n) is 8.53. The number of aromatic nitrogens is 4. The van der Waals surface area contributed by atoms with Gasteiger partial charge in [0.15, 0.2) is 29.3 Å². The molecule has 2 aromatic rings. The first kappa shape index (κ1) is 32.1. The molecule has 232 valence electrons. The van der Waals surface area contributed by atoms with Crippen LogP contribution in [0.2, 0.25) is 0 Å². The maximum Gasteiger partial charge on any atom is 0.306 e. The van der Waals surface area contributed by atoms with E-state index in [1.165, 1.54) is 29.4 Å². The van der Waals surface area contributed by atoms with E-state index < -0.39 is 41.8 Å². The minimum absolute atomic E-state index is 0.0532. The van der Waals surface area contributed by atoms with E-state index in [-0.39, 0.29) is 53.9 Å². The maximum atomic E-state index is 13.0. The minimum atomic E-state index is -1.26. The van der Waals surface area contributed by atoms with Crippen molar-refractivity contribution in [3.05, 3.63) is 36.0 Å². The number of nitrogens with zero attached hydrogens (tertiary/aromatic N) is 4. The van der Waals surface area contributed by atoms with Gasteiger partial charge >= 0.3 is 5.97 Å². The van der Waals surface area contributed by atoms with Crippen molar-refractivity contribution in [2.24, 2.45) is 17.3 Å². The summed E-state index contributed by atoms with van der Waals surface area (Å²) in [7, 11) is 0. The lowest BCUT2D eigenvalue weighted by molar-refractivity contribution is -0.144. The van der Waals surface area contributed by atoms with Gasteiger partial charge < -0.3 is 25.8 Å². The molecule has 6 atom stereocenters. The zero-order valence-electron chi connectivity index (χ0n) is 24.8. The standard InChI is InChI=1S/C30H39N5O8/c1-5-16(9-22-24(39)25(40)28(43-22)35-14-34-23-26(31)32-13-33-27(23)35)6-7-17(29(41)42)10-18(36)12-30(3,4)19-11-20(37)15(2)8-21(19)38/h8,11,13-14,16-17,22,24-25,28,39-40H,5-7,9-10,12H2,1-4H3,(H,41,42)(H2,31,32,33)/t16-,17+,22+,24?,25-,28+/m0/s1. The van der Waals surface area contributed by atoms with E-state index in [0.29, 0.717) is 36.0 Å². The number of fused-ring (bicyclic) bond motifs is 1. The van der Waals surface area contributed by atoms with Crippen molar-refractivity contribution in [1.82, 2.24) is 19.5 Å². The van der Waals surface area contributed by atoms with Crippen LogP contribution in [-0.2, 0) is 23.9 Å². The SMILES string of the molecule is CC[C@@H](CC[C@H](CC(=O)CC(C)(C)C1=CC(=O)C(C)=CC1=O)C(=O)O)C[C@H]1O[C@@H](n2cnc3c(N)ncnc32)[C@@H](O)C1O. The Morgan fingerprint density at radius 1 is 1.09 bits per heavy atom. The molecule has 43 heavy (non-hydrogen) atoms. The number of nitrogens with two attached hydrogens (primary N) is 1. The van der Waals surface area contributed by atoms with E-state index in [1.807, 2.05) is 6.92 Å². The number of aliphatic carboxylic acids is 1. The van der Waals surface area contributed by atoms with Crippen LogP contribution in [0.15, 0.2) is 36.0 Å². The van der Waals surface area contributed by atoms with Gasteiger partial charge in [-0.05, 0) is 44.3 Å². The molecule has 1 saturated heterocycles. The highest BCUT2D eigenvalue weighted by atomic mass is 16.6. The molecule has 4 rings (SSSR count). The Bertz CT molecular complexity index is 1480. The first-order valence-electron chi connectivity index (χ1n) is 14.4. The summed E-state index contributed by atoms with van der Waals surface area (Å²) in [5.41, 5.74) is 6.21. The van der Waals surface area contributed by atoms with Crippen LogP contribution >= 0.6 is 0 Å². The first-order chi connectivity index (χ1) is 20.2. The molecule has 3 heterocycles. The quantitative estimate of drug-likeness (QED) is 0.245. The molecular formula is C30H39N5O8. The summed E-state index contributed by atoms with van der Waals surface area (Å²) in [6.45, 7) is 6.89.